The van der Waals surface area contributed by atoms with Crippen LogP contribution < -0.4 is 10.4 Å². The Labute approximate surface area is 163 Å². The number of nitrogens with zero attached hydrogens (tertiary/aromatic N) is 6. The van der Waals surface area contributed by atoms with E-state index in [-0.39, 0.29) is 5.57 Å². The van der Waals surface area contributed by atoms with Crippen molar-refractivity contribution in [1.29, 1.82) is 15.8 Å². The second-order valence-corrected chi connectivity index (χ2v) is 6.46. The molecule has 1 heterocycles. The fourth-order valence-electron chi connectivity index (χ4n) is 3.03. The van der Waals surface area contributed by atoms with Crippen molar-refractivity contribution in [2.45, 2.75) is 0 Å². The van der Waals surface area contributed by atoms with Crippen molar-refractivity contribution in [3.05, 3.63) is 64.5 Å². The van der Waals surface area contributed by atoms with Crippen LogP contribution in [-0.4, -0.2) is 42.9 Å². The first-order chi connectivity index (χ1) is 13.6. The molecule has 0 bridgehead atoms. The van der Waals surface area contributed by atoms with Crippen LogP contribution in [0.5, 0.6) is 0 Å². The number of likely N-dealkylation sites (N-methyl/N-ethyl adjacent to an activating group) is 2. The van der Waals surface area contributed by atoms with Crippen LogP contribution >= 0.6 is 0 Å². The average Bonchev–Trinajstić information content (AvgIpc) is 3.04. The fraction of sp³-hybridized carbons (Fsp3) is 0.182. The van der Waals surface area contributed by atoms with Gasteiger partial charge in [-0.2, -0.15) is 15.8 Å². The Kier molecular flexibility index (Phi) is 5.40. The van der Waals surface area contributed by atoms with Crippen LogP contribution in [0, 0.1) is 34.0 Å². The molecule has 0 unspecified atom stereocenters. The van der Waals surface area contributed by atoms with E-state index in [4.69, 9.17) is 10.5 Å². The number of guanidine groups is 1. The molecule has 2 aromatic carbocycles. The van der Waals surface area contributed by atoms with Gasteiger partial charge in [0.1, 0.15) is 23.8 Å². The number of rotatable bonds is 2. The molecular weight excluding hydrogens is 348 g/mol. The normalized spacial score (nSPS) is 12.8. The number of hydrogen-bond donors (Lipinski definition) is 0. The first-order valence-corrected chi connectivity index (χ1v) is 8.73. The molecular formula is C22H18N6. The van der Waals surface area contributed by atoms with Crippen molar-refractivity contribution in [3.8, 4) is 18.2 Å². The highest BCUT2D eigenvalue weighted by Crippen LogP contribution is 2.19. The maximum Gasteiger partial charge on any atom is 0.201 e. The molecule has 136 valence electrons. The molecule has 6 heteroatoms. The zero-order chi connectivity index (χ0) is 20.1. The molecule has 0 aromatic heterocycles. The highest BCUT2D eigenvalue weighted by atomic mass is 15.4. The topological polar surface area (TPSA) is 90.2 Å². The standard InChI is InChI=1S/C22H18N6/c1-27-11-12-28(2)22(27)26-20-9-7-18(8-10-20)21(15-25)17-5-3-16(4-6-17)19(13-23)14-24/h3-10H,11-12H2,1-2H3. The van der Waals surface area contributed by atoms with Crippen LogP contribution in [0.4, 0.5) is 5.69 Å². The molecule has 1 fully saturated rings. The van der Waals surface area contributed by atoms with E-state index in [0.717, 1.165) is 35.5 Å². The lowest BCUT2D eigenvalue weighted by Crippen LogP contribution is -2.27. The lowest BCUT2D eigenvalue weighted by atomic mass is 10.0. The molecule has 0 N–H and O–H groups in total. The Morgan fingerprint density at radius 3 is 1.82 bits per heavy atom. The average molecular weight is 366 g/mol. The molecule has 3 rings (SSSR count). The Hall–Kier alpha value is -4.08. The largest absolute Gasteiger partial charge is 0.344 e. The number of benzene rings is 2. The molecule has 2 aromatic rings. The quantitative estimate of drug-likeness (QED) is 0.803. The van der Waals surface area contributed by atoms with E-state index < -0.39 is 0 Å². The highest BCUT2D eigenvalue weighted by molar-refractivity contribution is 5.84. The van der Waals surface area contributed by atoms with E-state index in [0.29, 0.717) is 10.8 Å². The summed E-state index contributed by atoms with van der Waals surface area (Å²) in [5.74, 6) is 0.926. The molecule has 6 nitrogen and oxygen atoms in total. The predicted octanol–water partition coefficient (Wildman–Crippen LogP) is 1.47. The Morgan fingerprint density at radius 1 is 0.786 bits per heavy atom. The minimum atomic E-state index is 0.0513. The van der Waals surface area contributed by atoms with Gasteiger partial charge in [0.2, 0.25) is 5.96 Å². The fourth-order valence-corrected chi connectivity index (χ4v) is 3.03. The molecule has 0 spiro atoms. The van der Waals surface area contributed by atoms with Crippen molar-refractivity contribution in [1.82, 2.24) is 9.80 Å². The van der Waals surface area contributed by atoms with Crippen LogP contribution in [0.25, 0.3) is 11.1 Å². The van der Waals surface area contributed by atoms with Gasteiger partial charge >= 0.3 is 0 Å². The molecule has 1 saturated heterocycles. The zero-order valence-electron chi connectivity index (χ0n) is 15.7. The van der Waals surface area contributed by atoms with Crippen LogP contribution in [-0.2, 0) is 0 Å². The molecule has 0 radical (unpaired) electrons. The summed E-state index contributed by atoms with van der Waals surface area (Å²) in [5.41, 5.74) is 2.19. The van der Waals surface area contributed by atoms with Gasteiger partial charge in [0, 0.05) is 32.4 Å². The van der Waals surface area contributed by atoms with Gasteiger partial charge < -0.3 is 9.80 Å². The van der Waals surface area contributed by atoms with E-state index in [9.17, 15) is 5.26 Å². The minimum absolute atomic E-state index is 0.0513. The molecule has 0 atom stereocenters. The first-order valence-electron chi connectivity index (χ1n) is 8.73. The summed E-state index contributed by atoms with van der Waals surface area (Å²) < 4.78 is 0. The van der Waals surface area contributed by atoms with Crippen molar-refractivity contribution < 1.29 is 0 Å². The lowest BCUT2D eigenvalue weighted by molar-refractivity contribution is 0.553. The SMILES string of the molecule is CN1CCN(C)C1=Nc1ccc(C(C#N)=c2ccc(=C(C#N)C#N)cc2)cc1. The maximum atomic E-state index is 9.63. The molecule has 0 saturated carbocycles. The number of nitriles is 3. The number of aliphatic imine (C=N–C) groups is 1. The first kappa shape index (κ1) is 18.7. The van der Waals surface area contributed by atoms with E-state index in [2.05, 4.69) is 20.9 Å². The zero-order valence-corrected chi connectivity index (χ0v) is 15.7. The summed E-state index contributed by atoms with van der Waals surface area (Å²) in [4.78, 5) is 8.90. The minimum Gasteiger partial charge on any atom is -0.344 e. The van der Waals surface area contributed by atoms with Gasteiger partial charge in [-0.25, -0.2) is 4.99 Å². The third-order valence-electron chi connectivity index (χ3n) is 4.64. The Morgan fingerprint density at radius 2 is 1.32 bits per heavy atom. The Balaban J connectivity index is 1.99. The summed E-state index contributed by atoms with van der Waals surface area (Å²) in [6, 6.07) is 20.4. The smallest absolute Gasteiger partial charge is 0.201 e. The van der Waals surface area contributed by atoms with Gasteiger partial charge in [0.05, 0.1) is 11.3 Å². The second-order valence-electron chi connectivity index (χ2n) is 6.46. The van der Waals surface area contributed by atoms with Gasteiger partial charge in [-0.3, -0.25) is 0 Å². The highest BCUT2D eigenvalue weighted by Gasteiger charge is 2.19. The summed E-state index contributed by atoms with van der Waals surface area (Å²) in [5, 5.41) is 28.8. The maximum absolute atomic E-state index is 9.63. The van der Waals surface area contributed by atoms with Gasteiger partial charge in [-0.15, -0.1) is 0 Å². The van der Waals surface area contributed by atoms with E-state index in [1.165, 1.54) is 0 Å². The predicted molar refractivity (Wildman–Crippen MR) is 107 cm³/mol. The monoisotopic (exact) mass is 366 g/mol. The van der Waals surface area contributed by atoms with Gasteiger partial charge in [-0.05, 0) is 22.9 Å². The summed E-state index contributed by atoms with van der Waals surface area (Å²) in [6.07, 6.45) is 0. The van der Waals surface area contributed by atoms with Crippen molar-refractivity contribution in [2.75, 3.05) is 27.2 Å². The molecule has 0 aliphatic carbocycles. The second kappa shape index (κ2) is 8.08. The summed E-state index contributed by atoms with van der Waals surface area (Å²) in [7, 11) is 4.03. The van der Waals surface area contributed by atoms with Gasteiger partial charge in [0.15, 0.2) is 0 Å². The van der Waals surface area contributed by atoms with Crippen molar-refractivity contribution in [2.24, 2.45) is 4.99 Å². The molecule has 28 heavy (non-hydrogen) atoms. The molecule has 1 aliphatic heterocycles. The van der Waals surface area contributed by atoms with Crippen LogP contribution in [0.3, 0.4) is 0 Å². The summed E-state index contributed by atoms with van der Waals surface area (Å²) in [6.45, 7) is 1.90. The van der Waals surface area contributed by atoms with Gasteiger partial charge in [0.25, 0.3) is 0 Å². The molecule has 0 amide bonds. The molecule has 1 aliphatic rings. The lowest BCUT2D eigenvalue weighted by Gasteiger charge is -2.15. The van der Waals surface area contributed by atoms with Crippen molar-refractivity contribution in [3.63, 3.8) is 0 Å². The van der Waals surface area contributed by atoms with Crippen LogP contribution in [0.15, 0.2) is 53.5 Å². The van der Waals surface area contributed by atoms with Gasteiger partial charge in [-0.1, -0.05) is 36.4 Å². The third-order valence-corrected chi connectivity index (χ3v) is 4.64. The van der Waals surface area contributed by atoms with E-state index >= 15 is 0 Å². The number of hydrogen-bond acceptors (Lipinski definition) is 4. The Bertz CT molecular complexity index is 1120. The van der Waals surface area contributed by atoms with Crippen LogP contribution in [0.1, 0.15) is 5.56 Å². The van der Waals surface area contributed by atoms with E-state index in [1.54, 1.807) is 24.3 Å². The third kappa shape index (κ3) is 3.70. The van der Waals surface area contributed by atoms with Crippen LogP contribution in [0.2, 0.25) is 0 Å². The summed E-state index contributed by atoms with van der Waals surface area (Å²) >= 11 is 0. The van der Waals surface area contributed by atoms with Crippen molar-refractivity contribution >= 4 is 22.8 Å². The van der Waals surface area contributed by atoms with E-state index in [1.807, 2.05) is 50.5 Å².